The second-order valence-electron chi connectivity index (χ2n) is 16.3. The molecule has 3 N–H and O–H groups in total. The standard InChI is InChI=1S/C25H29N7OS.C18H15N5O2S/c1-31(2)18-5-7-32(8-6-18)25(33)15-3-4-19-21(10-15)34-24-22(19)23(28-14-29-24)30-17-9-16-11-26-13-20(16)27-12-17;24-18(25)9-1-2-12-14(4-9)26-17-15(12)16(21-8-22-17)23-11-3-10-5-19-7-13(10)20-6-11/h9,11-12,14-15,18H,3-8,10,13H2,1-2H3,(H,28,29,30);3,5-6,8-9H,1-2,4,7H2,(H,24,25)(H,21,22,23)/t15-;9-/m00/s1. The topological polar surface area (TPSA) is 187 Å². The molecule has 2 atom stereocenters. The molecule has 3 aliphatic heterocycles. The quantitative estimate of drug-likeness (QED) is 0.162. The summed E-state index contributed by atoms with van der Waals surface area (Å²) in [5.74, 6) is 0.938. The number of piperidine rings is 1. The fraction of sp³-hybridized carbons (Fsp3) is 0.395. The van der Waals surface area contributed by atoms with E-state index in [0.717, 1.165) is 122 Å². The van der Waals surface area contributed by atoms with Gasteiger partial charge in [0, 0.05) is 58.4 Å². The van der Waals surface area contributed by atoms with Gasteiger partial charge in [-0.1, -0.05) is 0 Å². The molecular weight excluding hydrogens is 797 g/mol. The Bertz CT molecular complexity index is 2720. The highest BCUT2D eigenvalue weighted by atomic mass is 32.1. The number of hydrogen-bond donors (Lipinski definition) is 3. The summed E-state index contributed by atoms with van der Waals surface area (Å²) in [6.45, 7) is 3.03. The zero-order chi connectivity index (χ0) is 40.9. The Kier molecular flexibility index (Phi) is 10.3. The second kappa shape index (κ2) is 16.0. The van der Waals surface area contributed by atoms with Crippen molar-refractivity contribution in [3.63, 3.8) is 0 Å². The van der Waals surface area contributed by atoms with E-state index in [4.69, 9.17) is 0 Å². The van der Waals surface area contributed by atoms with E-state index in [1.54, 1.807) is 41.5 Å². The summed E-state index contributed by atoms with van der Waals surface area (Å²) in [6, 6.07) is 4.67. The molecule has 17 heteroatoms. The van der Waals surface area contributed by atoms with E-state index in [2.05, 4.69) is 80.5 Å². The van der Waals surface area contributed by atoms with Crippen LogP contribution >= 0.6 is 22.7 Å². The molecule has 0 bridgehead atoms. The van der Waals surface area contributed by atoms with Gasteiger partial charge in [-0.25, -0.2) is 19.9 Å². The average Bonchev–Trinajstić information content (AvgIpc) is 4.08. The summed E-state index contributed by atoms with van der Waals surface area (Å²) in [5.41, 5.74) is 8.31. The maximum atomic E-state index is 13.3. The molecule has 1 fully saturated rings. The molecule has 9 heterocycles. The molecule has 11 rings (SSSR count). The molecule has 1 amide bonds. The van der Waals surface area contributed by atoms with E-state index in [-0.39, 0.29) is 11.8 Å². The van der Waals surface area contributed by atoms with E-state index in [1.165, 1.54) is 16.0 Å². The number of pyridine rings is 2. The van der Waals surface area contributed by atoms with Crippen LogP contribution in [-0.2, 0) is 48.4 Å². The van der Waals surface area contributed by atoms with Crippen LogP contribution in [0.15, 0.2) is 47.2 Å². The van der Waals surface area contributed by atoms with Crippen molar-refractivity contribution in [1.29, 1.82) is 0 Å². The largest absolute Gasteiger partial charge is 0.481 e. The van der Waals surface area contributed by atoms with Gasteiger partial charge < -0.3 is 25.5 Å². The van der Waals surface area contributed by atoms with Gasteiger partial charge in [-0.3, -0.25) is 29.5 Å². The number of carboxylic acids is 1. The summed E-state index contributed by atoms with van der Waals surface area (Å²) in [7, 11) is 4.26. The number of likely N-dealkylation sites (tertiary alicyclic amines) is 1. The Morgan fingerprint density at radius 2 is 1.23 bits per heavy atom. The number of aromatic nitrogens is 6. The molecule has 5 aliphatic rings. The Morgan fingerprint density at radius 3 is 1.75 bits per heavy atom. The molecule has 6 aromatic rings. The van der Waals surface area contributed by atoms with Crippen molar-refractivity contribution < 1.29 is 14.7 Å². The highest BCUT2D eigenvalue weighted by molar-refractivity contribution is 7.19. The molecule has 0 unspecified atom stereocenters. The first-order valence-electron chi connectivity index (χ1n) is 20.5. The molecule has 0 spiro atoms. The van der Waals surface area contributed by atoms with E-state index >= 15 is 0 Å². The second-order valence-corrected chi connectivity index (χ2v) is 18.4. The van der Waals surface area contributed by atoms with Gasteiger partial charge >= 0.3 is 5.97 Å². The van der Waals surface area contributed by atoms with E-state index in [1.807, 2.05) is 24.7 Å². The highest BCUT2D eigenvalue weighted by Gasteiger charge is 2.34. The first-order chi connectivity index (χ1) is 29.3. The number of fused-ring (bicyclic) bond motifs is 8. The maximum Gasteiger partial charge on any atom is 0.306 e. The number of nitrogens with one attached hydrogen (secondary N) is 2. The van der Waals surface area contributed by atoms with Gasteiger partial charge in [0.1, 0.15) is 34.0 Å². The van der Waals surface area contributed by atoms with Gasteiger partial charge in [-0.05, 0) is 88.7 Å². The van der Waals surface area contributed by atoms with Gasteiger partial charge in [0.25, 0.3) is 0 Å². The zero-order valence-corrected chi connectivity index (χ0v) is 35.0. The third kappa shape index (κ3) is 7.38. The van der Waals surface area contributed by atoms with Crippen LogP contribution in [0.4, 0.5) is 23.0 Å². The number of aryl methyl sites for hydroxylation is 2. The van der Waals surface area contributed by atoms with Crippen LogP contribution < -0.4 is 10.6 Å². The molecular formula is C43H44N12O3S2. The Morgan fingerprint density at radius 1 is 0.717 bits per heavy atom. The molecule has 306 valence electrons. The third-order valence-corrected chi connectivity index (χ3v) is 14.7. The number of thiophene rings is 2. The predicted octanol–water partition coefficient (Wildman–Crippen LogP) is 6.37. The van der Waals surface area contributed by atoms with Crippen LogP contribution in [0.5, 0.6) is 0 Å². The lowest BCUT2D eigenvalue weighted by molar-refractivity contribution is -0.142. The zero-order valence-electron chi connectivity index (χ0n) is 33.4. The molecule has 0 aromatic carbocycles. The summed E-state index contributed by atoms with van der Waals surface area (Å²) in [6.07, 6.45) is 17.2. The molecule has 60 heavy (non-hydrogen) atoms. The Hall–Kier alpha value is -5.78. The molecule has 1 saturated heterocycles. The van der Waals surface area contributed by atoms with Crippen LogP contribution in [-0.4, -0.2) is 102 Å². The first-order valence-corrected chi connectivity index (χ1v) is 22.1. The van der Waals surface area contributed by atoms with E-state index in [9.17, 15) is 14.7 Å². The molecule has 6 aromatic heterocycles. The Labute approximate surface area is 354 Å². The minimum absolute atomic E-state index is 0.0704. The molecule has 2 aliphatic carbocycles. The average molecular weight is 841 g/mol. The lowest BCUT2D eigenvalue weighted by Crippen LogP contribution is -2.47. The number of aliphatic imine (C=N–C) groups is 2. The number of anilines is 4. The SMILES string of the molecule is CN(C)C1CCN(C(=O)[C@H]2CCc3c(sc4ncnc(Nc5cnc6c(c5)C=NC6)c34)C2)CC1.O=C(O)[C@H]1CCc2c(sc3ncnc(Nc4cnc5c(c4)C=NC5)c23)C1. The van der Waals surface area contributed by atoms with Crippen LogP contribution in [0, 0.1) is 11.8 Å². The summed E-state index contributed by atoms with van der Waals surface area (Å²) in [5, 5.41) is 18.2. The number of nitrogens with zero attached hydrogens (tertiary/aromatic N) is 10. The van der Waals surface area contributed by atoms with Crippen molar-refractivity contribution in [2.24, 2.45) is 21.8 Å². The molecule has 0 saturated carbocycles. The van der Waals surface area contributed by atoms with Crippen molar-refractivity contribution in [3.8, 4) is 0 Å². The predicted molar refractivity (Wildman–Crippen MR) is 234 cm³/mol. The summed E-state index contributed by atoms with van der Waals surface area (Å²) >= 11 is 3.29. The van der Waals surface area contributed by atoms with E-state index < -0.39 is 5.97 Å². The van der Waals surface area contributed by atoms with E-state index in [0.29, 0.717) is 37.9 Å². The lowest BCUT2D eigenvalue weighted by Gasteiger charge is -2.37. The molecule has 0 radical (unpaired) electrons. The minimum Gasteiger partial charge on any atom is -0.481 e. The smallest absolute Gasteiger partial charge is 0.306 e. The number of carbonyl (C=O) groups excluding carboxylic acids is 1. The fourth-order valence-corrected chi connectivity index (χ4v) is 11.6. The van der Waals surface area contributed by atoms with Crippen molar-refractivity contribution >= 4 is 90.4 Å². The monoisotopic (exact) mass is 840 g/mol. The number of aliphatic carboxylic acids is 1. The van der Waals surface area contributed by atoms with Crippen molar-refractivity contribution in [2.75, 3.05) is 37.8 Å². The Balaban J connectivity index is 0.000000149. The van der Waals surface area contributed by atoms with Crippen molar-refractivity contribution in [2.45, 2.75) is 70.5 Å². The van der Waals surface area contributed by atoms with Crippen molar-refractivity contribution in [1.82, 2.24) is 39.7 Å². The minimum atomic E-state index is -0.719. The maximum absolute atomic E-state index is 13.3. The lowest BCUT2D eigenvalue weighted by atomic mass is 9.86. The third-order valence-electron chi connectivity index (χ3n) is 12.4. The van der Waals surface area contributed by atoms with Crippen LogP contribution in [0.25, 0.3) is 20.4 Å². The normalized spacial score (nSPS) is 19.1. The van der Waals surface area contributed by atoms with Gasteiger partial charge in [0.2, 0.25) is 5.91 Å². The summed E-state index contributed by atoms with van der Waals surface area (Å²) in [4.78, 5) is 68.8. The summed E-state index contributed by atoms with van der Waals surface area (Å²) < 4.78 is 0. The van der Waals surface area contributed by atoms with Crippen molar-refractivity contribution in [3.05, 3.63) is 80.6 Å². The first kappa shape index (κ1) is 38.4. The van der Waals surface area contributed by atoms with Crippen LogP contribution in [0.1, 0.15) is 69.1 Å². The number of amides is 1. The van der Waals surface area contributed by atoms with Crippen LogP contribution in [0.2, 0.25) is 0 Å². The fourth-order valence-electron chi connectivity index (χ4n) is 9.07. The van der Waals surface area contributed by atoms with Gasteiger partial charge in [0.15, 0.2) is 0 Å². The van der Waals surface area contributed by atoms with Gasteiger partial charge in [-0.2, -0.15) is 0 Å². The number of rotatable bonds is 7. The molecule has 15 nitrogen and oxygen atoms in total. The highest BCUT2D eigenvalue weighted by Crippen LogP contribution is 2.42. The van der Waals surface area contributed by atoms with Crippen LogP contribution in [0.3, 0.4) is 0 Å². The number of carboxylic acid groups (broad SMARTS) is 1. The number of hydrogen-bond acceptors (Lipinski definition) is 15. The number of carbonyl (C=O) groups is 2. The van der Waals surface area contributed by atoms with Gasteiger partial charge in [0.05, 0.1) is 64.9 Å². The van der Waals surface area contributed by atoms with Gasteiger partial charge in [-0.15, -0.1) is 22.7 Å².